The topological polar surface area (TPSA) is 0 Å². The smallest absolute Gasteiger partial charge is 0.142 e. The van der Waals surface area contributed by atoms with Gasteiger partial charge in [0.15, 0.2) is 0 Å². The van der Waals surface area contributed by atoms with Gasteiger partial charge < -0.3 is 0 Å². The Morgan fingerprint density at radius 3 is 2.68 bits per heavy atom. The molecule has 0 spiro atoms. The molecule has 0 bridgehead atoms. The van der Waals surface area contributed by atoms with Crippen LogP contribution in [0.2, 0.25) is 5.02 Å². The van der Waals surface area contributed by atoms with Gasteiger partial charge in [-0.15, -0.1) is 11.6 Å². The van der Waals surface area contributed by atoms with Crippen molar-refractivity contribution in [1.82, 2.24) is 0 Å². The van der Waals surface area contributed by atoms with E-state index in [9.17, 15) is 4.39 Å². The molecule has 2 aromatic carbocycles. The molecular formula is C16H13Cl2F. The van der Waals surface area contributed by atoms with Gasteiger partial charge in [-0.3, -0.25) is 0 Å². The van der Waals surface area contributed by atoms with Crippen LogP contribution < -0.4 is 0 Å². The molecule has 1 aliphatic rings. The Bertz CT molecular complexity index is 609. The third-order valence-electron chi connectivity index (χ3n) is 3.73. The van der Waals surface area contributed by atoms with Crippen molar-refractivity contribution < 1.29 is 4.39 Å². The van der Waals surface area contributed by atoms with Gasteiger partial charge in [0.2, 0.25) is 0 Å². The zero-order valence-electron chi connectivity index (χ0n) is 10.2. The maximum absolute atomic E-state index is 13.4. The van der Waals surface area contributed by atoms with Gasteiger partial charge in [0.1, 0.15) is 5.82 Å². The third kappa shape index (κ3) is 2.50. The maximum Gasteiger partial charge on any atom is 0.142 e. The van der Waals surface area contributed by atoms with Crippen LogP contribution in [-0.2, 0) is 12.8 Å². The minimum absolute atomic E-state index is 0.00920. The van der Waals surface area contributed by atoms with Gasteiger partial charge in [0, 0.05) is 0 Å². The number of fused-ring (bicyclic) bond motifs is 1. The van der Waals surface area contributed by atoms with E-state index in [-0.39, 0.29) is 16.2 Å². The highest BCUT2D eigenvalue weighted by Crippen LogP contribution is 2.42. The van der Waals surface area contributed by atoms with Crippen molar-refractivity contribution in [2.45, 2.75) is 18.2 Å². The number of benzene rings is 2. The molecule has 0 fully saturated rings. The highest BCUT2D eigenvalue weighted by atomic mass is 35.5. The second kappa shape index (κ2) is 5.15. The number of halogens is 3. The van der Waals surface area contributed by atoms with Crippen LogP contribution in [0.5, 0.6) is 0 Å². The molecule has 0 N–H and O–H groups in total. The van der Waals surface area contributed by atoms with E-state index in [2.05, 4.69) is 12.1 Å². The Balaban J connectivity index is 1.80. The molecule has 1 aliphatic carbocycles. The zero-order valence-corrected chi connectivity index (χ0v) is 11.8. The largest absolute Gasteiger partial charge is 0.205 e. The van der Waals surface area contributed by atoms with Crippen LogP contribution >= 0.6 is 23.2 Å². The molecule has 2 atom stereocenters. The maximum atomic E-state index is 13.4. The van der Waals surface area contributed by atoms with Crippen molar-refractivity contribution in [3.8, 4) is 0 Å². The van der Waals surface area contributed by atoms with E-state index in [1.165, 1.54) is 17.2 Å². The molecule has 3 heteroatoms. The van der Waals surface area contributed by atoms with Gasteiger partial charge in [0.25, 0.3) is 0 Å². The molecule has 0 amide bonds. The summed E-state index contributed by atoms with van der Waals surface area (Å²) in [7, 11) is 0. The van der Waals surface area contributed by atoms with Crippen LogP contribution in [-0.4, -0.2) is 0 Å². The SMILES string of the molecule is Fc1cc(CC2Cc3ccccc3C2Cl)ccc1Cl. The summed E-state index contributed by atoms with van der Waals surface area (Å²) >= 11 is 12.2. The van der Waals surface area contributed by atoms with Crippen LogP contribution in [0.15, 0.2) is 42.5 Å². The van der Waals surface area contributed by atoms with Crippen molar-refractivity contribution >= 4 is 23.2 Å². The van der Waals surface area contributed by atoms with Crippen molar-refractivity contribution in [1.29, 1.82) is 0 Å². The summed E-state index contributed by atoms with van der Waals surface area (Å²) in [5, 5.41) is 0.177. The van der Waals surface area contributed by atoms with E-state index < -0.39 is 0 Å². The number of alkyl halides is 1. The molecular weight excluding hydrogens is 282 g/mol. The molecule has 0 nitrogen and oxygen atoms in total. The summed E-state index contributed by atoms with van der Waals surface area (Å²) in [5.74, 6) is -0.0413. The summed E-state index contributed by atoms with van der Waals surface area (Å²) in [6.45, 7) is 0. The third-order valence-corrected chi connectivity index (χ3v) is 4.63. The number of rotatable bonds is 2. The standard InChI is InChI=1S/C16H13Cl2F/c17-14-6-5-10(8-15(14)19)7-12-9-11-3-1-2-4-13(11)16(12)18/h1-6,8,12,16H,7,9H2. The lowest BCUT2D eigenvalue weighted by Gasteiger charge is -2.14. The fourth-order valence-corrected chi connectivity index (χ4v) is 3.28. The van der Waals surface area contributed by atoms with Gasteiger partial charge in [-0.05, 0) is 47.6 Å². The van der Waals surface area contributed by atoms with Crippen molar-refractivity contribution in [3.63, 3.8) is 0 Å². The van der Waals surface area contributed by atoms with Crippen molar-refractivity contribution in [3.05, 3.63) is 70.0 Å². The van der Waals surface area contributed by atoms with Crippen LogP contribution in [0, 0.1) is 11.7 Å². The Labute approximate surface area is 122 Å². The van der Waals surface area contributed by atoms with Gasteiger partial charge in [-0.1, -0.05) is 41.9 Å². The molecule has 98 valence electrons. The van der Waals surface area contributed by atoms with E-state index in [1.54, 1.807) is 6.07 Å². The van der Waals surface area contributed by atoms with Gasteiger partial charge >= 0.3 is 0 Å². The second-order valence-corrected chi connectivity index (χ2v) is 5.89. The van der Waals surface area contributed by atoms with E-state index >= 15 is 0 Å². The second-order valence-electron chi connectivity index (χ2n) is 5.02. The first-order valence-electron chi connectivity index (χ1n) is 6.31. The molecule has 0 aliphatic heterocycles. The molecule has 0 heterocycles. The predicted molar refractivity (Wildman–Crippen MR) is 77.3 cm³/mol. The molecule has 0 saturated heterocycles. The van der Waals surface area contributed by atoms with E-state index in [0.717, 1.165) is 18.4 Å². The minimum Gasteiger partial charge on any atom is -0.205 e. The Kier molecular flexibility index (Phi) is 3.51. The Hall–Kier alpha value is -1.05. The molecule has 0 saturated carbocycles. The zero-order chi connectivity index (χ0) is 13.4. The Morgan fingerprint density at radius 2 is 1.95 bits per heavy atom. The molecule has 0 aromatic heterocycles. The molecule has 2 unspecified atom stereocenters. The van der Waals surface area contributed by atoms with Crippen LogP contribution in [0.1, 0.15) is 22.1 Å². The van der Waals surface area contributed by atoms with Gasteiger partial charge in [0.05, 0.1) is 10.4 Å². The Morgan fingerprint density at radius 1 is 1.16 bits per heavy atom. The lowest BCUT2D eigenvalue weighted by molar-refractivity contribution is 0.540. The predicted octanol–water partition coefficient (Wildman–Crippen LogP) is 5.17. The van der Waals surface area contributed by atoms with E-state index in [1.807, 2.05) is 18.2 Å². The molecule has 2 aromatic rings. The highest BCUT2D eigenvalue weighted by Gasteiger charge is 2.30. The molecule has 3 rings (SSSR count). The van der Waals surface area contributed by atoms with Crippen molar-refractivity contribution in [2.24, 2.45) is 5.92 Å². The lowest BCUT2D eigenvalue weighted by atomic mass is 9.96. The van der Waals surface area contributed by atoms with Gasteiger partial charge in [-0.25, -0.2) is 4.39 Å². The normalized spacial score (nSPS) is 21.4. The van der Waals surface area contributed by atoms with Crippen molar-refractivity contribution in [2.75, 3.05) is 0 Å². The fraction of sp³-hybridized carbons (Fsp3) is 0.250. The van der Waals surface area contributed by atoms with E-state index in [0.29, 0.717) is 5.92 Å². The molecule has 19 heavy (non-hydrogen) atoms. The lowest BCUT2D eigenvalue weighted by Crippen LogP contribution is -2.07. The first kappa shape index (κ1) is 13.0. The van der Waals surface area contributed by atoms with Crippen LogP contribution in [0.3, 0.4) is 0 Å². The monoisotopic (exact) mass is 294 g/mol. The van der Waals surface area contributed by atoms with Crippen LogP contribution in [0.4, 0.5) is 4.39 Å². The quantitative estimate of drug-likeness (QED) is 0.670. The van der Waals surface area contributed by atoms with E-state index in [4.69, 9.17) is 23.2 Å². The fourth-order valence-electron chi connectivity index (χ4n) is 2.77. The summed E-state index contributed by atoms with van der Waals surface area (Å²) in [4.78, 5) is 0. The summed E-state index contributed by atoms with van der Waals surface area (Å²) in [6, 6.07) is 13.2. The minimum atomic E-state index is -0.360. The average Bonchev–Trinajstić information content (AvgIpc) is 2.72. The summed E-state index contributed by atoms with van der Waals surface area (Å²) in [5.41, 5.74) is 3.47. The summed E-state index contributed by atoms with van der Waals surface area (Å²) in [6.07, 6.45) is 1.73. The summed E-state index contributed by atoms with van der Waals surface area (Å²) < 4.78 is 13.4. The van der Waals surface area contributed by atoms with Gasteiger partial charge in [-0.2, -0.15) is 0 Å². The first-order chi connectivity index (χ1) is 9.15. The van der Waals surface area contributed by atoms with Crippen LogP contribution in [0.25, 0.3) is 0 Å². The average molecular weight is 295 g/mol. The highest BCUT2D eigenvalue weighted by molar-refractivity contribution is 6.30. The number of hydrogen-bond donors (Lipinski definition) is 0. The molecule has 0 radical (unpaired) electrons. The number of hydrogen-bond acceptors (Lipinski definition) is 0. The first-order valence-corrected chi connectivity index (χ1v) is 7.12.